The molecule has 0 unspecified atom stereocenters. The van der Waals surface area contributed by atoms with Crippen LogP contribution in [-0.2, 0) is 0 Å². The van der Waals surface area contributed by atoms with Crippen molar-refractivity contribution in [2.75, 3.05) is 0 Å². The minimum absolute atomic E-state index is 0.897. The highest BCUT2D eigenvalue weighted by Crippen LogP contribution is 2.48. The van der Waals surface area contributed by atoms with E-state index in [1.165, 1.54) is 153 Å². The maximum Gasteiger partial charge on any atom is 0.159 e. The van der Waals surface area contributed by atoms with Crippen LogP contribution < -0.4 is 0 Å². The molecular weight excluding hydrogens is 1650 g/mol. The number of para-hydroxylation sites is 10. The van der Waals surface area contributed by atoms with E-state index in [9.17, 15) is 0 Å². The van der Waals surface area contributed by atoms with Gasteiger partial charge >= 0.3 is 0 Å². The Kier molecular flexibility index (Phi) is 17.0. The molecule has 0 radical (unpaired) electrons. The Hall–Kier alpha value is -18.2. The summed E-state index contributed by atoms with van der Waals surface area (Å²) in [5.74, 6) is 0. The summed E-state index contributed by atoms with van der Waals surface area (Å²) in [6.07, 6.45) is 0. The van der Waals surface area contributed by atoms with Gasteiger partial charge in [0.2, 0.25) is 0 Å². The van der Waals surface area contributed by atoms with Crippen molar-refractivity contribution < 1.29 is 13.3 Å². The molecule has 0 aliphatic carbocycles. The van der Waals surface area contributed by atoms with Gasteiger partial charge < -0.3 is 40.7 Å². The predicted octanol–water partition coefficient (Wildman–Crippen LogP) is 34.3. The fourth-order valence-corrected chi connectivity index (χ4v) is 21.9. The molecule has 0 saturated heterocycles. The van der Waals surface area contributed by atoms with Crippen LogP contribution in [0.1, 0.15) is 0 Å². The zero-order valence-electron chi connectivity index (χ0n) is 72.9. The molecule has 0 bridgehead atoms. The quantitative estimate of drug-likeness (QED) is 0.145. The van der Waals surface area contributed by atoms with Gasteiger partial charge in [-0.1, -0.05) is 303 Å². The molecule has 0 amide bonds. The van der Waals surface area contributed by atoms with Crippen LogP contribution in [0.5, 0.6) is 0 Å². The standard InChI is InChI=1S/3C42H26N2O/c1-2-11-27(12-3-1)28-21-23-29(24-22-28)43-36-17-7-4-13-30(36)34-25-35-31-14-5-8-18-37(31)44(40(35)26-39(34)43)38-19-10-16-33-32-15-6-9-20-41(32)45-42(33)38;1-2-10-27(11-3-1)28-18-20-29(21-19-28)43-37-15-7-4-12-31(37)34-25-35-32-13-5-8-16-38(32)44(40(35)26-39(34)43)30-22-23-42-36(24-30)33-14-6-9-17-41(33)45-42;1-2-10-27(11-3-1)28-18-20-29(21-19-28)43-37-15-7-4-12-31(37)35-25-36-32-13-5-8-16-38(32)44(40(36)26-39(35)43)30-22-23-34-33-14-6-9-17-41(33)45-42(34)24-30/h3*1-26H. The lowest BCUT2D eigenvalue weighted by molar-refractivity contribution is 0.666. The highest BCUT2D eigenvalue weighted by molar-refractivity contribution is 6.24. The molecule has 9 heteroatoms. The van der Waals surface area contributed by atoms with E-state index in [1.807, 2.05) is 30.3 Å². The highest BCUT2D eigenvalue weighted by Gasteiger charge is 2.26. The third kappa shape index (κ3) is 11.9. The normalized spacial score (nSPS) is 12.0. The van der Waals surface area contributed by atoms with Crippen LogP contribution in [0.4, 0.5) is 0 Å². The summed E-state index contributed by atoms with van der Waals surface area (Å²) >= 11 is 0. The van der Waals surface area contributed by atoms with Crippen molar-refractivity contribution in [2.24, 2.45) is 0 Å². The molecule has 9 nitrogen and oxygen atoms in total. The van der Waals surface area contributed by atoms with Crippen LogP contribution in [0.2, 0.25) is 0 Å². The monoisotopic (exact) mass is 1720 g/mol. The SMILES string of the molecule is c1ccc(-c2ccc(-n3c4ccccc4c4cc5c6ccccc6n(-c6ccc7c(c6)oc6ccccc67)c5cc43)cc2)cc1.c1ccc(-c2ccc(-n3c4ccccc4c4cc5c6ccccc6n(-c6ccc7oc8ccccc8c7c6)c5cc43)cc2)cc1.c1ccc(-c2ccc(-n3c4ccccc4c4cc5c6ccccc6n(-c6cccc7c6oc6ccccc67)c5cc43)cc2)cc1. The van der Waals surface area contributed by atoms with Gasteiger partial charge in [0.1, 0.15) is 27.9 Å². The van der Waals surface area contributed by atoms with Crippen molar-refractivity contribution in [1.29, 1.82) is 0 Å². The minimum Gasteiger partial charge on any atom is -0.456 e. The molecule has 9 heterocycles. The van der Waals surface area contributed by atoms with E-state index in [0.717, 1.165) is 111 Å². The number of rotatable bonds is 9. The lowest BCUT2D eigenvalue weighted by atomic mass is 10.1. The zero-order chi connectivity index (χ0) is 88.5. The van der Waals surface area contributed by atoms with Crippen LogP contribution >= 0.6 is 0 Å². The minimum atomic E-state index is 0.897. The molecule has 30 rings (SSSR count). The van der Waals surface area contributed by atoms with Crippen molar-refractivity contribution in [1.82, 2.24) is 27.4 Å². The van der Waals surface area contributed by atoms with Gasteiger partial charge in [0, 0.05) is 131 Å². The summed E-state index contributed by atoms with van der Waals surface area (Å²) in [4.78, 5) is 0. The first kappa shape index (κ1) is 75.8. The molecule has 0 fully saturated rings. The Balaban J connectivity index is 0.000000101. The van der Waals surface area contributed by atoms with Crippen molar-refractivity contribution in [3.63, 3.8) is 0 Å². The third-order valence-electron chi connectivity index (χ3n) is 28.0. The fraction of sp³-hybridized carbons (Fsp3) is 0. The van der Waals surface area contributed by atoms with E-state index >= 15 is 0 Å². The molecule has 0 spiro atoms. The molecule has 0 atom stereocenters. The number of benzene rings is 21. The van der Waals surface area contributed by atoms with Gasteiger partial charge in [-0.3, -0.25) is 0 Å². The largest absolute Gasteiger partial charge is 0.456 e. The number of nitrogens with zero attached hydrogens (tertiary/aromatic N) is 6. The first-order valence-electron chi connectivity index (χ1n) is 46.1. The predicted molar refractivity (Wildman–Crippen MR) is 564 cm³/mol. The topological polar surface area (TPSA) is 69.0 Å². The van der Waals surface area contributed by atoms with Gasteiger partial charge in [-0.2, -0.15) is 0 Å². The second-order valence-electron chi connectivity index (χ2n) is 35.3. The average Bonchev–Trinajstić information content (AvgIpc) is 1.55. The lowest BCUT2D eigenvalue weighted by Gasteiger charge is -2.11. The summed E-state index contributed by atoms with van der Waals surface area (Å²) in [7, 11) is 0. The van der Waals surface area contributed by atoms with E-state index in [2.05, 4.69) is 470 Å². The molecule has 9 aromatic heterocycles. The second kappa shape index (κ2) is 30.2. The molecule has 0 aliphatic rings. The van der Waals surface area contributed by atoms with Crippen LogP contribution in [0.3, 0.4) is 0 Å². The Morgan fingerprint density at radius 3 is 0.756 bits per heavy atom. The summed E-state index contributed by atoms with van der Waals surface area (Å²) in [5, 5.41) is 21.7. The number of fused-ring (bicyclic) bond motifs is 27. The van der Waals surface area contributed by atoms with E-state index in [4.69, 9.17) is 13.3 Å². The Bertz CT molecular complexity index is 10000. The van der Waals surface area contributed by atoms with Gasteiger partial charge in [0.05, 0.1) is 71.9 Å². The zero-order valence-corrected chi connectivity index (χ0v) is 72.9. The Morgan fingerprint density at radius 2 is 0.370 bits per heavy atom. The van der Waals surface area contributed by atoms with Gasteiger partial charge in [-0.05, 0) is 197 Å². The van der Waals surface area contributed by atoms with Crippen molar-refractivity contribution in [3.05, 3.63) is 473 Å². The highest BCUT2D eigenvalue weighted by atomic mass is 16.3. The van der Waals surface area contributed by atoms with Crippen LogP contribution in [-0.4, -0.2) is 27.4 Å². The second-order valence-corrected chi connectivity index (χ2v) is 35.3. The van der Waals surface area contributed by atoms with Crippen molar-refractivity contribution >= 4 is 197 Å². The molecule has 135 heavy (non-hydrogen) atoms. The first-order chi connectivity index (χ1) is 67.0. The lowest BCUT2D eigenvalue weighted by Crippen LogP contribution is -1.96. The van der Waals surface area contributed by atoms with Crippen LogP contribution in [0, 0.1) is 0 Å². The fourth-order valence-electron chi connectivity index (χ4n) is 21.9. The summed E-state index contributed by atoms with van der Waals surface area (Å²) in [6, 6.07) is 170. The van der Waals surface area contributed by atoms with Gasteiger partial charge in [-0.15, -0.1) is 0 Å². The van der Waals surface area contributed by atoms with Gasteiger partial charge in [0.15, 0.2) is 5.58 Å². The summed E-state index contributed by atoms with van der Waals surface area (Å²) in [6.45, 7) is 0. The van der Waals surface area contributed by atoms with E-state index in [0.29, 0.717) is 0 Å². The van der Waals surface area contributed by atoms with Crippen molar-refractivity contribution in [3.8, 4) is 67.5 Å². The molecule has 0 saturated carbocycles. The molecular formula is C126H78N6O3. The molecule has 21 aromatic carbocycles. The average molecular weight is 1720 g/mol. The molecule has 0 aliphatic heterocycles. The molecule has 630 valence electrons. The molecule has 0 N–H and O–H groups in total. The smallest absolute Gasteiger partial charge is 0.159 e. The Labute approximate surface area is 772 Å². The van der Waals surface area contributed by atoms with Gasteiger partial charge in [0.25, 0.3) is 0 Å². The van der Waals surface area contributed by atoms with E-state index < -0.39 is 0 Å². The summed E-state index contributed by atoms with van der Waals surface area (Å²) < 4.78 is 33.5. The van der Waals surface area contributed by atoms with Crippen LogP contribution in [0.25, 0.3) is 264 Å². The Morgan fingerprint density at radius 1 is 0.119 bits per heavy atom. The number of furan rings is 3. The maximum atomic E-state index is 6.56. The number of aromatic nitrogens is 6. The first-order valence-corrected chi connectivity index (χ1v) is 46.1. The van der Waals surface area contributed by atoms with Gasteiger partial charge in [-0.25, -0.2) is 0 Å². The summed E-state index contributed by atoms with van der Waals surface area (Å²) in [5.41, 5.74) is 33.6. The number of hydrogen-bond acceptors (Lipinski definition) is 3. The van der Waals surface area contributed by atoms with Crippen LogP contribution in [0.15, 0.2) is 486 Å². The van der Waals surface area contributed by atoms with Crippen molar-refractivity contribution in [2.45, 2.75) is 0 Å². The maximum absolute atomic E-state index is 6.56. The third-order valence-corrected chi connectivity index (χ3v) is 28.0. The molecule has 30 aromatic rings. The number of hydrogen-bond donors (Lipinski definition) is 0. The van der Waals surface area contributed by atoms with E-state index in [1.54, 1.807) is 0 Å². The van der Waals surface area contributed by atoms with E-state index in [-0.39, 0.29) is 0 Å².